The van der Waals surface area contributed by atoms with Gasteiger partial charge in [-0.05, 0) is 12.8 Å². The third kappa shape index (κ3) is 8.92. The summed E-state index contributed by atoms with van der Waals surface area (Å²) < 4.78 is 2.95. The smallest absolute Gasteiger partial charge is 0.00875 e. The summed E-state index contributed by atoms with van der Waals surface area (Å²) in [4.78, 5) is 0. The predicted molar refractivity (Wildman–Crippen MR) is 49.2 cm³/mol. The molecule has 0 fully saturated rings. The lowest BCUT2D eigenvalue weighted by molar-refractivity contribution is 0.669. The molecule has 0 radical (unpaired) electrons. The molecule has 1 N–H and O–H groups in total. The highest BCUT2D eigenvalue weighted by Crippen LogP contribution is 2.00. The normalized spacial score (nSPS) is 10.0. The number of alkyl halides is 1. The van der Waals surface area contributed by atoms with Crippen LogP contribution in [-0.2, 0) is 0 Å². The first-order chi connectivity index (χ1) is 4.41. The van der Waals surface area contributed by atoms with Gasteiger partial charge < -0.3 is 0 Å². The zero-order valence-corrected chi connectivity index (χ0v) is 8.67. The Morgan fingerprint density at radius 2 is 1.67 bits per heavy atom. The monoisotopic (exact) mass is 257 g/mol. The lowest BCUT2D eigenvalue weighted by Crippen LogP contribution is -1.99. The van der Waals surface area contributed by atoms with Gasteiger partial charge in [-0.1, -0.05) is 28.8 Å². The van der Waals surface area contributed by atoms with Crippen molar-refractivity contribution in [1.82, 2.24) is 4.34 Å². The summed E-state index contributed by atoms with van der Waals surface area (Å²) >= 11 is 6.55. The lowest BCUT2D eigenvalue weighted by atomic mass is 10.2. The quantitative estimate of drug-likeness (QED) is 0.439. The van der Waals surface area contributed by atoms with Crippen LogP contribution in [0.3, 0.4) is 0 Å². The number of rotatable bonds is 6. The Labute approximate surface area is 74.1 Å². The van der Waals surface area contributed by atoms with E-state index in [0.717, 1.165) is 11.9 Å². The Morgan fingerprint density at radius 1 is 1.00 bits per heavy atom. The summed E-state index contributed by atoms with van der Waals surface area (Å²) in [6.07, 6.45) is 5.27. The largest absolute Gasteiger partial charge is 0.256 e. The van der Waals surface area contributed by atoms with Crippen LogP contribution in [0.1, 0.15) is 25.7 Å². The maximum Gasteiger partial charge on any atom is 0.00875 e. The van der Waals surface area contributed by atoms with Crippen molar-refractivity contribution in [3.63, 3.8) is 0 Å². The van der Waals surface area contributed by atoms with Crippen LogP contribution in [0, 0.1) is 0 Å². The second kappa shape index (κ2) is 8.92. The van der Waals surface area contributed by atoms with Crippen molar-refractivity contribution in [1.29, 1.82) is 0 Å². The minimum absolute atomic E-state index is 1.09. The summed E-state index contributed by atoms with van der Waals surface area (Å²) in [5, 5.41) is 1.15. The van der Waals surface area contributed by atoms with E-state index < -0.39 is 0 Å². The second-order valence-electron chi connectivity index (χ2n) is 1.99. The van der Waals surface area contributed by atoms with Gasteiger partial charge in [0.05, 0.1) is 0 Å². The lowest BCUT2D eigenvalue weighted by Gasteiger charge is -1.96. The molecule has 0 saturated heterocycles. The Balaban J connectivity index is 2.60. The van der Waals surface area contributed by atoms with E-state index in [4.69, 9.17) is 0 Å². The molecule has 0 spiro atoms. The van der Waals surface area contributed by atoms with Crippen LogP contribution in [0.2, 0.25) is 0 Å². The fourth-order valence-electron chi connectivity index (χ4n) is 0.640. The zero-order chi connectivity index (χ0) is 6.95. The minimum Gasteiger partial charge on any atom is -0.256 e. The van der Waals surface area contributed by atoms with Gasteiger partial charge in [-0.25, -0.2) is 0 Å². The molecular weight excluding hydrogens is 246 g/mol. The van der Waals surface area contributed by atoms with Crippen LogP contribution in [0.4, 0.5) is 0 Å². The van der Waals surface area contributed by atoms with E-state index in [9.17, 15) is 0 Å². The van der Waals surface area contributed by atoms with Crippen molar-refractivity contribution in [3.05, 3.63) is 0 Å². The van der Waals surface area contributed by atoms with Crippen LogP contribution >= 0.6 is 32.1 Å². The molecule has 0 unspecified atom stereocenters. The van der Waals surface area contributed by atoms with Crippen molar-refractivity contribution >= 4 is 32.1 Å². The van der Waals surface area contributed by atoms with Crippen molar-refractivity contribution < 1.29 is 0 Å². The SMILES string of the molecule is BrCCCCCCNBr. The molecule has 0 heterocycles. The summed E-state index contributed by atoms with van der Waals surface area (Å²) in [7, 11) is 0. The Hall–Kier alpha value is 0.920. The van der Waals surface area contributed by atoms with Gasteiger partial charge in [0.25, 0.3) is 0 Å². The number of nitrogens with one attached hydrogen (secondary N) is 1. The van der Waals surface area contributed by atoms with E-state index in [1.807, 2.05) is 0 Å². The van der Waals surface area contributed by atoms with E-state index >= 15 is 0 Å². The summed E-state index contributed by atoms with van der Waals surface area (Å²) in [6, 6.07) is 0. The first-order valence-corrected chi connectivity index (χ1v) is 5.22. The Bertz CT molecular complexity index is 44.3. The number of hydrogen-bond acceptors (Lipinski definition) is 1. The van der Waals surface area contributed by atoms with Crippen LogP contribution < -0.4 is 4.34 Å². The molecule has 0 aromatic rings. The summed E-state index contributed by atoms with van der Waals surface area (Å²) in [5.74, 6) is 0. The molecule has 0 rings (SSSR count). The van der Waals surface area contributed by atoms with Crippen molar-refractivity contribution in [3.8, 4) is 0 Å². The molecule has 0 bridgehead atoms. The van der Waals surface area contributed by atoms with Gasteiger partial charge in [0, 0.05) is 28.0 Å². The highest BCUT2D eigenvalue weighted by molar-refractivity contribution is 9.09. The van der Waals surface area contributed by atoms with Gasteiger partial charge >= 0.3 is 0 Å². The first-order valence-electron chi connectivity index (χ1n) is 3.31. The highest BCUT2D eigenvalue weighted by Gasteiger charge is 1.86. The van der Waals surface area contributed by atoms with Crippen LogP contribution in [-0.4, -0.2) is 11.9 Å². The average molecular weight is 259 g/mol. The van der Waals surface area contributed by atoms with Crippen LogP contribution in [0.15, 0.2) is 0 Å². The van der Waals surface area contributed by atoms with E-state index in [1.54, 1.807) is 0 Å². The predicted octanol–water partition coefficient (Wildman–Crippen LogP) is 2.84. The molecule has 0 aromatic carbocycles. The molecular formula is C6H13Br2N. The fourth-order valence-corrected chi connectivity index (χ4v) is 1.32. The fraction of sp³-hybridized carbons (Fsp3) is 1.00. The van der Waals surface area contributed by atoms with Gasteiger partial charge in [-0.2, -0.15) is 0 Å². The molecule has 0 aliphatic rings. The summed E-state index contributed by atoms with van der Waals surface area (Å²) in [5.41, 5.74) is 0. The second-order valence-corrected chi connectivity index (χ2v) is 3.34. The standard InChI is InChI=1S/C6H13Br2N/c7-5-3-1-2-4-6-9-8/h9H,1-6H2. The van der Waals surface area contributed by atoms with E-state index in [0.29, 0.717) is 0 Å². The molecule has 1 nitrogen and oxygen atoms in total. The Morgan fingerprint density at radius 3 is 2.22 bits per heavy atom. The highest BCUT2D eigenvalue weighted by atomic mass is 79.9. The molecule has 9 heavy (non-hydrogen) atoms. The third-order valence-corrected chi connectivity index (χ3v) is 2.11. The van der Waals surface area contributed by atoms with Crippen molar-refractivity contribution in [2.45, 2.75) is 25.7 Å². The number of halogens is 2. The molecule has 56 valence electrons. The van der Waals surface area contributed by atoms with Crippen molar-refractivity contribution in [2.24, 2.45) is 0 Å². The van der Waals surface area contributed by atoms with Gasteiger partial charge in [0.15, 0.2) is 0 Å². The van der Waals surface area contributed by atoms with Crippen molar-refractivity contribution in [2.75, 3.05) is 11.9 Å². The van der Waals surface area contributed by atoms with E-state index in [2.05, 4.69) is 36.4 Å². The third-order valence-electron chi connectivity index (χ3n) is 1.15. The van der Waals surface area contributed by atoms with Crippen LogP contribution in [0.5, 0.6) is 0 Å². The molecule has 0 aromatic heterocycles. The Kier molecular flexibility index (Phi) is 9.83. The van der Waals surface area contributed by atoms with Gasteiger partial charge in [-0.3, -0.25) is 4.34 Å². The maximum absolute atomic E-state index is 3.39. The maximum atomic E-state index is 3.39. The summed E-state index contributed by atoms with van der Waals surface area (Å²) in [6.45, 7) is 1.09. The molecule has 3 heteroatoms. The van der Waals surface area contributed by atoms with E-state index in [1.165, 1.54) is 25.7 Å². The molecule has 0 aliphatic heterocycles. The van der Waals surface area contributed by atoms with Crippen LogP contribution in [0.25, 0.3) is 0 Å². The van der Waals surface area contributed by atoms with Gasteiger partial charge in [0.1, 0.15) is 0 Å². The molecule has 0 amide bonds. The van der Waals surface area contributed by atoms with Gasteiger partial charge in [0.2, 0.25) is 0 Å². The zero-order valence-electron chi connectivity index (χ0n) is 5.50. The topological polar surface area (TPSA) is 12.0 Å². The first kappa shape index (κ1) is 9.92. The number of hydrogen-bond donors (Lipinski definition) is 1. The number of unbranched alkanes of at least 4 members (excludes halogenated alkanes) is 3. The minimum atomic E-state index is 1.09. The molecule has 0 atom stereocenters. The molecule has 0 aliphatic carbocycles. The molecule has 0 saturated carbocycles. The van der Waals surface area contributed by atoms with Gasteiger partial charge in [-0.15, -0.1) is 0 Å². The van der Waals surface area contributed by atoms with E-state index in [-0.39, 0.29) is 0 Å². The average Bonchev–Trinajstić information content (AvgIpc) is 1.89.